The molecule has 0 amide bonds. The molecule has 0 spiro atoms. The molecule has 2 N–H and O–H groups in total. The minimum atomic E-state index is -0.845. The van der Waals surface area contributed by atoms with Crippen LogP contribution >= 0.6 is 0 Å². The monoisotopic (exact) mass is 287 g/mol. The van der Waals surface area contributed by atoms with E-state index in [0.29, 0.717) is 12.8 Å². The van der Waals surface area contributed by atoms with Gasteiger partial charge >= 0.3 is 17.1 Å². The number of hydrogen-bond acceptors (Lipinski definition) is 5. The van der Waals surface area contributed by atoms with Gasteiger partial charge in [-0.25, -0.2) is 28.1 Å². The number of aromatic nitrogens is 3. The summed E-state index contributed by atoms with van der Waals surface area (Å²) < 4.78 is 2.43. The van der Waals surface area contributed by atoms with Gasteiger partial charge < -0.3 is 10.2 Å². The quantitative estimate of drug-likeness (QED) is 0.645. The maximum Gasteiger partial charge on any atom is 0.336 e. The van der Waals surface area contributed by atoms with Crippen LogP contribution < -0.4 is 17.1 Å². The number of aliphatic hydroxyl groups excluding tert-OH is 2. The maximum absolute atomic E-state index is 12.2. The molecule has 0 saturated carbocycles. The Morgan fingerprint density at radius 2 is 1.20 bits per heavy atom. The normalized spacial score (nSPS) is 14.2. The third kappa shape index (κ3) is 3.26. The molecule has 0 aliphatic heterocycles. The van der Waals surface area contributed by atoms with Gasteiger partial charge in [-0.3, -0.25) is 0 Å². The van der Waals surface area contributed by atoms with Crippen LogP contribution in [0.2, 0.25) is 0 Å². The molecule has 8 nitrogen and oxygen atoms in total. The molecule has 2 unspecified atom stereocenters. The SMILES string of the molecule is CCC(O)Cn1c(=O)n(C)c(=O)n(CC(O)CC)c1=O. The molecule has 1 aromatic heterocycles. The fourth-order valence-corrected chi connectivity index (χ4v) is 1.75. The molecule has 0 bridgehead atoms. The van der Waals surface area contributed by atoms with Gasteiger partial charge in [-0.15, -0.1) is 0 Å². The predicted molar refractivity (Wildman–Crippen MR) is 72.8 cm³/mol. The largest absolute Gasteiger partial charge is 0.391 e. The summed E-state index contributed by atoms with van der Waals surface area (Å²) in [5.41, 5.74) is -2.34. The summed E-state index contributed by atoms with van der Waals surface area (Å²) in [5, 5.41) is 19.2. The highest BCUT2D eigenvalue weighted by molar-refractivity contribution is 4.79. The van der Waals surface area contributed by atoms with E-state index in [9.17, 15) is 24.6 Å². The number of rotatable bonds is 6. The van der Waals surface area contributed by atoms with Crippen LogP contribution in [0.3, 0.4) is 0 Å². The van der Waals surface area contributed by atoms with Gasteiger partial charge in [0.05, 0.1) is 25.3 Å². The summed E-state index contributed by atoms with van der Waals surface area (Å²) in [7, 11) is 1.26. The summed E-state index contributed by atoms with van der Waals surface area (Å²) in [6.07, 6.45) is -0.927. The molecule has 0 aromatic carbocycles. The van der Waals surface area contributed by atoms with Crippen molar-refractivity contribution in [3.8, 4) is 0 Å². The van der Waals surface area contributed by atoms with Crippen molar-refractivity contribution in [2.75, 3.05) is 0 Å². The third-order valence-corrected chi connectivity index (χ3v) is 3.23. The molecule has 1 aromatic rings. The van der Waals surface area contributed by atoms with Crippen molar-refractivity contribution in [3.63, 3.8) is 0 Å². The van der Waals surface area contributed by atoms with E-state index >= 15 is 0 Å². The van der Waals surface area contributed by atoms with Gasteiger partial charge in [0.2, 0.25) is 0 Å². The molecule has 0 aliphatic rings. The van der Waals surface area contributed by atoms with Crippen LogP contribution in [0.15, 0.2) is 14.4 Å². The Kier molecular flexibility index (Phi) is 5.46. The molecular weight excluding hydrogens is 266 g/mol. The standard InChI is InChI=1S/C12H21N3O5/c1-4-8(16)6-14-10(18)13(3)11(19)15(12(14)20)7-9(17)5-2/h8-9,16-17H,4-7H2,1-3H3. The first kappa shape index (κ1) is 16.4. The van der Waals surface area contributed by atoms with Crippen molar-refractivity contribution in [3.05, 3.63) is 31.5 Å². The van der Waals surface area contributed by atoms with Crippen LogP contribution in [-0.4, -0.2) is 36.1 Å². The van der Waals surface area contributed by atoms with Gasteiger partial charge in [-0.05, 0) is 12.8 Å². The molecule has 20 heavy (non-hydrogen) atoms. The highest BCUT2D eigenvalue weighted by atomic mass is 16.3. The van der Waals surface area contributed by atoms with E-state index < -0.39 is 29.3 Å². The van der Waals surface area contributed by atoms with Gasteiger partial charge in [-0.1, -0.05) is 13.8 Å². The topological polar surface area (TPSA) is 106 Å². The minimum absolute atomic E-state index is 0.176. The van der Waals surface area contributed by atoms with E-state index in [1.807, 2.05) is 0 Å². The molecular formula is C12H21N3O5. The lowest BCUT2D eigenvalue weighted by Gasteiger charge is -2.15. The van der Waals surface area contributed by atoms with Gasteiger partial charge in [0.25, 0.3) is 0 Å². The lowest BCUT2D eigenvalue weighted by atomic mass is 10.3. The van der Waals surface area contributed by atoms with E-state index in [-0.39, 0.29) is 13.1 Å². The molecule has 2 atom stereocenters. The summed E-state index contributed by atoms with van der Waals surface area (Å²) in [5.74, 6) is 0. The molecule has 0 saturated heterocycles. The summed E-state index contributed by atoms with van der Waals surface area (Å²) in [6, 6.07) is 0. The second kappa shape index (κ2) is 6.67. The zero-order chi connectivity index (χ0) is 15.4. The Balaban J connectivity index is 3.43. The van der Waals surface area contributed by atoms with Crippen molar-refractivity contribution in [2.45, 2.75) is 52.0 Å². The zero-order valence-electron chi connectivity index (χ0n) is 11.9. The Hall–Kier alpha value is -1.67. The average Bonchev–Trinajstić information content (AvgIpc) is 2.45. The van der Waals surface area contributed by atoms with Gasteiger partial charge in [-0.2, -0.15) is 0 Å². The molecule has 0 fully saturated rings. The molecule has 8 heteroatoms. The Morgan fingerprint density at radius 3 is 1.50 bits per heavy atom. The maximum atomic E-state index is 12.2. The predicted octanol–water partition coefficient (Wildman–Crippen LogP) is -1.75. The highest BCUT2D eigenvalue weighted by Gasteiger charge is 2.16. The first-order chi connectivity index (χ1) is 9.33. The van der Waals surface area contributed by atoms with E-state index in [2.05, 4.69) is 0 Å². The Morgan fingerprint density at radius 1 is 0.850 bits per heavy atom. The fraction of sp³-hybridized carbons (Fsp3) is 0.750. The second-order valence-corrected chi connectivity index (χ2v) is 4.75. The van der Waals surface area contributed by atoms with Crippen molar-refractivity contribution in [1.82, 2.24) is 13.7 Å². The van der Waals surface area contributed by atoms with Crippen molar-refractivity contribution in [1.29, 1.82) is 0 Å². The van der Waals surface area contributed by atoms with Crippen molar-refractivity contribution in [2.24, 2.45) is 7.05 Å². The first-order valence-electron chi connectivity index (χ1n) is 6.60. The fourth-order valence-electron chi connectivity index (χ4n) is 1.75. The van der Waals surface area contributed by atoms with E-state index in [0.717, 1.165) is 13.7 Å². The second-order valence-electron chi connectivity index (χ2n) is 4.75. The molecule has 1 heterocycles. The van der Waals surface area contributed by atoms with Crippen molar-refractivity contribution >= 4 is 0 Å². The molecule has 114 valence electrons. The van der Waals surface area contributed by atoms with Gasteiger partial charge in [0, 0.05) is 7.05 Å². The highest BCUT2D eigenvalue weighted by Crippen LogP contribution is 1.93. The lowest BCUT2D eigenvalue weighted by molar-refractivity contribution is 0.134. The smallest absolute Gasteiger partial charge is 0.336 e. The van der Waals surface area contributed by atoms with Crippen LogP contribution in [0, 0.1) is 0 Å². The first-order valence-corrected chi connectivity index (χ1v) is 6.60. The van der Waals surface area contributed by atoms with Gasteiger partial charge in [0.15, 0.2) is 0 Å². The van der Waals surface area contributed by atoms with E-state index in [4.69, 9.17) is 0 Å². The number of aliphatic hydroxyl groups is 2. The summed E-state index contributed by atoms with van der Waals surface area (Å²) in [4.78, 5) is 36.0. The van der Waals surface area contributed by atoms with Crippen LogP contribution in [0.4, 0.5) is 0 Å². The average molecular weight is 287 g/mol. The zero-order valence-corrected chi connectivity index (χ0v) is 11.9. The van der Waals surface area contributed by atoms with Crippen LogP contribution in [0.1, 0.15) is 26.7 Å². The lowest BCUT2D eigenvalue weighted by Crippen LogP contribution is -2.55. The third-order valence-electron chi connectivity index (χ3n) is 3.23. The van der Waals surface area contributed by atoms with Crippen LogP contribution in [-0.2, 0) is 20.1 Å². The van der Waals surface area contributed by atoms with Gasteiger partial charge in [0.1, 0.15) is 0 Å². The van der Waals surface area contributed by atoms with Crippen LogP contribution in [0.5, 0.6) is 0 Å². The molecule has 0 aliphatic carbocycles. The summed E-state index contributed by atoms with van der Waals surface area (Å²) >= 11 is 0. The van der Waals surface area contributed by atoms with E-state index in [1.165, 1.54) is 7.05 Å². The number of nitrogens with zero attached hydrogens (tertiary/aromatic N) is 3. The van der Waals surface area contributed by atoms with Crippen molar-refractivity contribution < 1.29 is 10.2 Å². The molecule has 1 rings (SSSR count). The molecule has 0 radical (unpaired) electrons. The Labute approximate surface area is 115 Å². The number of hydrogen-bond donors (Lipinski definition) is 2. The van der Waals surface area contributed by atoms with E-state index in [1.54, 1.807) is 13.8 Å². The summed E-state index contributed by atoms with van der Waals surface area (Å²) in [6.45, 7) is 3.09. The van der Waals surface area contributed by atoms with Crippen LogP contribution in [0.25, 0.3) is 0 Å². The minimum Gasteiger partial charge on any atom is -0.391 e. The Bertz CT molecular complexity index is 577.